The molecule has 0 aliphatic rings. The molecule has 0 aliphatic heterocycles. The molecule has 0 aliphatic carbocycles. The van der Waals surface area contributed by atoms with Crippen molar-refractivity contribution in [3.63, 3.8) is 0 Å². The van der Waals surface area contributed by atoms with Crippen LogP contribution in [0.2, 0.25) is 0 Å². The zero-order valence-electron chi connectivity index (χ0n) is 28.2. The third kappa shape index (κ3) is 4.30. The second kappa shape index (κ2) is 11.3. The quantitative estimate of drug-likeness (QED) is 0.172. The van der Waals surface area contributed by atoms with E-state index in [1.807, 2.05) is 0 Å². The summed E-state index contributed by atoms with van der Waals surface area (Å²) in [6.45, 7) is 0. The summed E-state index contributed by atoms with van der Waals surface area (Å²) in [7, 11) is 0. The predicted octanol–water partition coefficient (Wildman–Crippen LogP) is 12.9. The van der Waals surface area contributed by atoms with Gasteiger partial charge in [-0.15, -0.1) is 0 Å². The van der Waals surface area contributed by atoms with Crippen LogP contribution in [0.3, 0.4) is 0 Å². The highest BCUT2D eigenvalue weighted by atomic mass is 15.0. The van der Waals surface area contributed by atoms with E-state index in [2.05, 4.69) is 197 Å². The molecule has 3 aromatic heterocycles. The molecule has 3 heterocycles. The summed E-state index contributed by atoms with van der Waals surface area (Å²) in [5.41, 5.74) is 12.5. The fourth-order valence-electron chi connectivity index (χ4n) is 8.32. The van der Waals surface area contributed by atoms with E-state index in [4.69, 9.17) is 4.98 Å². The van der Waals surface area contributed by atoms with Crippen LogP contribution in [0.4, 0.5) is 0 Å². The summed E-state index contributed by atoms with van der Waals surface area (Å²) in [4.78, 5) is 5.38. The lowest BCUT2D eigenvalue weighted by Crippen LogP contribution is -1.95. The first-order valence-electron chi connectivity index (χ1n) is 17.8. The van der Waals surface area contributed by atoms with Crippen LogP contribution in [-0.4, -0.2) is 14.1 Å². The van der Waals surface area contributed by atoms with E-state index in [9.17, 15) is 0 Å². The van der Waals surface area contributed by atoms with E-state index >= 15 is 0 Å². The van der Waals surface area contributed by atoms with Crippen LogP contribution >= 0.6 is 0 Å². The maximum absolute atomic E-state index is 5.38. The third-order valence-electron chi connectivity index (χ3n) is 10.7. The zero-order chi connectivity index (χ0) is 34.2. The fourth-order valence-corrected chi connectivity index (χ4v) is 8.32. The average Bonchev–Trinajstić information content (AvgIpc) is 3.72. The van der Waals surface area contributed by atoms with Crippen molar-refractivity contribution in [1.29, 1.82) is 0 Å². The molecule has 0 saturated carbocycles. The molecule has 0 amide bonds. The number of pyridine rings is 1. The van der Waals surface area contributed by atoms with Crippen molar-refractivity contribution < 1.29 is 0 Å². The summed E-state index contributed by atoms with van der Waals surface area (Å²) in [5.74, 6) is 0. The first-order chi connectivity index (χ1) is 25.8. The molecule has 11 aromatic rings. The van der Waals surface area contributed by atoms with Gasteiger partial charge in [0.05, 0.1) is 33.3 Å². The highest BCUT2D eigenvalue weighted by Crippen LogP contribution is 2.42. The van der Waals surface area contributed by atoms with Gasteiger partial charge in [0, 0.05) is 49.3 Å². The monoisotopic (exact) mass is 661 g/mol. The van der Waals surface area contributed by atoms with Gasteiger partial charge in [0.15, 0.2) is 0 Å². The minimum Gasteiger partial charge on any atom is -0.309 e. The lowest BCUT2D eigenvalue weighted by Gasteiger charge is -2.12. The molecule has 0 bridgehead atoms. The van der Waals surface area contributed by atoms with Gasteiger partial charge < -0.3 is 9.13 Å². The van der Waals surface area contributed by atoms with Crippen molar-refractivity contribution >= 4 is 65.3 Å². The van der Waals surface area contributed by atoms with Crippen LogP contribution in [-0.2, 0) is 0 Å². The van der Waals surface area contributed by atoms with Gasteiger partial charge in [0.1, 0.15) is 0 Å². The minimum atomic E-state index is 0.996. The summed E-state index contributed by atoms with van der Waals surface area (Å²) in [6, 6.07) is 67.8. The fraction of sp³-hybridized carbons (Fsp3) is 0. The molecule has 3 heteroatoms. The van der Waals surface area contributed by atoms with Gasteiger partial charge >= 0.3 is 0 Å². The minimum absolute atomic E-state index is 0.996. The number of fused-ring (bicyclic) bond motifs is 9. The van der Waals surface area contributed by atoms with Gasteiger partial charge in [-0.2, -0.15) is 0 Å². The Morgan fingerprint density at radius 3 is 1.52 bits per heavy atom. The van der Waals surface area contributed by atoms with Gasteiger partial charge in [-0.1, -0.05) is 121 Å². The van der Waals surface area contributed by atoms with Crippen LogP contribution in [0.5, 0.6) is 0 Å². The van der Waals surface area contributed by atoms with Crippen molar-refractivity contribution in [2.45, 2.75) is 0 Å². The van der Waals surface area contributed by atoms with Crippen LogP contribution in [0.25, 0.3) is 99.0 Å². The SMILES string of the molecule is c1ccc(-c2ccc3nc(-c4ccc5c(c4)c4cc6c7ccccc7n(-c7ccccc7)c6cc4n5-c4ccccc4)c4ccccc4c3c2)cc1. The molecule has 0 fully saturated rings. The third-order valence-corrected chi connectivity index (χ3v) is 10.7. The number of hydrogen-bond acceptors (Lipinski definition) is 1. The Balaban J connectivity index is 1.20. The highest BCUT2D eigenvalue weighted by Gasteiger charge is 2.20. The molecule has 242 valence electrons. The van der Waals surface area contributed by atoms with E-state index in [0.717, 1.165) is 33.5 Å². The molecule has 0 saturated heterocycles. The Morgan fingerprint density at radius 2 is 0.808 bits per heavy atom. The molecule has 3 nitrogen and oxygen atoms in total. The number of nitrogens with zero attached hydrogens (tertiary/aromatic N) is 3. The Bertz CT molecular complexity index is 3150. The second-order valence-electron chi connectivity index (χ2n) is 13.6. The lowest BCUT2D eigenvalue weighted by molar-refractivity contribution is 1.16. The number of benzene rings is 8. The molecule has 52 heavy (non-hydrogen) atoms. The summed E-state index contributed by atoms with van der Waals surface area (Å²) < 4.78 is 4.81. The average molecular weight is 662 g/mol. The van der Waals surface area contributed by atoms with Crippen LogP contribution < -0.4 is 0 Å². The van der Waals surface area contributed by atoms with Gasteiger partial charge in [-0.25, -0.2) is 4.98 Å². The number of rotatable bonds is 4. The Hall–Kier alpha value is -6.97. The van der Waals surface area contributed by atoms with E-state index in [0.29, 0.717) is 0 Å². The van der Waals surface area contributed by atoms with Crippen molar-refractivity contribution in [2.24, 2.45) is 0 Å². The van der Waals surface area contributed by atoms with Gasteiger partial charge in [0.25, 0.3) is 0 Å². The molecule has 0 N–H and O–H groups in total. The molecule has 0 spiro atoms. The molecule has 11 rings (SSSR count). The predicted molar refractivity (Wildman–Crippen MR) is 219 cm³/mol. The standard InChI is InChI=1S/C49H31N3/c1-4-14-32(15-5-1)33-24-26-44-40(28-33)37-20-10-11-22-39(37)49(50-44)34-25-27-46-41(29-34)43-30-42-38-21-12-13-23-45(38)51(35-16-6-2-7-17-35)47(42)31-48(43)52(46)36-18-8-3-9-19-36/h1-31H. The van der Waals surface area contributed by atoms with Crippen LogP contribution in [0.1, 0.15) is 0 Å². The lowest BCUT2D eigenvalue weighted by atomic mass is 9.96. The largest absolute Gasteiger partial charge is 0.309 e. The molecule has 8 aromatic carbocycles. The number of aromatic nitrogens is 3. The highest BCUT2D eigenvalue weighted by molar-refractivity contribution is 6.20. The Kier molecular flexibility index (Phi) is 6.25. The first kappa shape index (κ1) is 28.8. The van der Waals surface area contributed by atoms with Crippen molar-refractivity contribution in [2.75, 3.05) is 0 Å². The van der Waals surface area contributed by atoms with E-state index in [1.54, 1.807) is 0 Å². The van der Waals surface area contributed by atoms with E-state index in [1.165, 1.54) is 65.5 Å². The van der Waals surface area contributed by atoms with Gasteiger partial charge in [-0.3, -0.25) is 0 Å². The van der Waals surface area contributed by atoms with E-state index < -0.39 is 0 Å². The topological polar surface area (TPSA) is 22.8 Å². The summed E-state index contributed by atoms with van der Waals surface area (Å²) in [5, 5.41) is 8.45. The summed E-state index contributed by atoms with van der Waals surface area (Å²) >= 11 is 0. The van der Waals surface area contributed by atoms with E-state index in [-0.39, 0.29) is 0 Å². The van der Waals surface area contributed by atoms with Crippen molar-refractivity contribution in [1.82, 2.24) is 14.1 Å². The number of hydrogen-bond donors (Lipinski definition) is 0. The van der Waals surface area contributed by atoms with Gasteiger partial charge in [-0.05, 0) is 83.2 Å². The summed E-state index contributed by atoms with van der Waals surface area (Å²) in [6.07, 6.45) is 0. The number of para-hydroxylation sites is 3. The smallest absolute Gasteiger partial charge is 0.0788 e. The maximum atomic E-state index is 5.38. The molecule has 0 radical (unpaired) electrons. The zero-order valence-corrected chi connectivity index (χ0v) is 28.2. The van der Waals surface area contributed by atoms with Gasteiger partial charge in [0.2, 0.25) is 0 Å². The second-order valence-corrected chi connectivity index (χ2v) is 13.6. The molecular formula is C49H31N3. The normalized spacial score (nSPS) is 11.8. The molecule has 0 atom stereocenters. The molecule has 0 unspecified atom stereocenters. The van der Waals surface area contributed by atoms with Crippen LogP contribution in [0.15, 0.2) is 188 Å². The Labute approximate surface area is 300 Å². The Morgan fingerprint density at radius 1 is 0.288 bits per heavy atom. The van der Waals surface area contributed by atoms with Crippen molar-refractivity contribution in [3.8, 4) is 33.8 Å². The maximum Gasteiger partial charge on any atom is 0.0788 e. The first-order valence-corrected chi connectivity index (χ1v) is 17.8. The molecular weight excluding hydrogens is 631 g/mol. The van der Waals surface area contributed by atoms with Crippen molar-refractivity contribution in [3.05, 3.63) is 188 Å². The van der Waals surface area contributed by atoms with Crippen LogP contribution in [0, 0.1) is 0 Å².